The van der Waals surface area contributed by atoms with Crippen LogP contribution in [0, 0.1) is 11.2 Å². The lowest BCUT2D eigenvalue weighted by molar-refractivity contribution is -0.141. The molecule has 118 valence electrons. The first-order valence-electron chi connectivity index (χ1n) is 5.76. The molecule has 0 aromatic heterocycles. The Morgan fingerprint density at radius 3 is 2.29 bits per heavy atom. The molecule has 0 spiro atoms. The second-order valence-corrected chi connectivity index (χ2v) is 7.90. The molecule has 1 aromatic rings. The standard InChI is InChI=1S/C12H14Cl2FNO4S/c1-12(2,3)10(11(17)18)16-21(19,20)7-5-4-6(13)9(15)8(7)14/h4-5,10,16H,1-3H3,(H,17,18)/t10-/m0/s1. The molecular weight excluding hydrogens is 344 g/mol. The summed E-state index contributed by atoms with van der Waals surface area (Å²) in [4.78, 5) is 10.6. The molecule has 0 amide bonds. The van der Waals surface area contributed by atoms with Gasteiger partial charge in [0.1, 0.15) is 10.9 Å². The molecule has 0 fully saturated rings. The molecule has 2 N–H and O–H groups in total. The minimum Gasteiger partial charge on any atom is -0.480 e. The predicted octanol–water partition coefficient (Wildman–Crippen LogP) is 2.91. The van der Waals surface area contributed by atoms with E-state index in [0.29, 0.717) is 0 Å². The fourth-order valence-corrected chi connectivity index (χ4v) is 3.67. The maximum Gasteiger partial charge on any atom is 0.322 e. The van der Waals surface area contributed by atoms with Crippen LogP contribution in [-0.2, 0) is 14.8 Å². The van der Waals surface area contributed by atoms with E-state index in [9.17, 15) is 17.6 Å². The summed E-state index contributed by atoms with van der Waals surface area (Å²) in [6.07, 6.45) is 0. The van der Waals surface area contributed by atoms with E-state index in [-0.39, 0.29) is 5.02 Å². The summed E-state index contributed by atoms with van der Waals surface area (Å²) in [6, 6.07) is 0.638. The molecule has 1 atom stereocenters. The second-order valence-electron chi connectivity index (χ2n) is 5.43. The van der Waals surface area contributed by atoms with E-state index in [0.717, 1.165) is 12.1 Å². The van der Waals surface area contributed by atoms with E-state index >= 15 is 0 Å². The Morgan fingerprint density at radius 1 is 1.33 bits per heavy atom. The monoisotopic (exact) mass is 357 g/mol. The normalized spacial score (nSPS) is 14.0. The molecule has 1 rings (SSSR count). The van der Waals surface area contributed by atoms with Gasteiger partial charge in [0.2, 0.25) is 10.0 Å². The summed E-state index contributed by atoms with van der Waals surface area (Å²) in [5.41, 5.74) is -0.893. The Bertz CT molecular complexity index is 671. The van der Waals surface area contributed by atoms with Crippen molar-refractivity contribution in [3.05, 3.63) is 28.0 Å². The van der Waals surface area contributed by atoms with Crippen molar-refractivity contribution in [2.45, 2.75) is 31.7 Å². The molecule has 5 nitrogen and oxygen atoms in total. The van der Waals surface area contributed by atoms with Gasteiger partial charge in [-0.3, -0.25) is 4.79 Å². The highest BCUT2D eigenvalue weighted by atomic mass is 35.5. The van der Waals surface area contributed by atoms with Gasteiger partial charge in [0, 0.05) is 0 Å². The molecule has 0 saturated carbocycles. The molecule has 1 aromatic carbocycles. The minimum absolute atomic E-state index is 0.329. The van der Waals surface area contributed by atoms with E-state index in [4.69, 9.17) is 28.3 Å². The lowest BCUT2D eigenvalue weighted by Crippen LogP contribution is -2.49. The molecule has 21 heavy (non-hydrogen) atoms. The van der Waals surface area contributed by atoms with Crippen molar-refractivity contribution in [3.63, 3.8) is 0 Å². The number of carboxylic acids is 1. The zero-order chi connectivity index (χ0) is 16.6. The molecule has 0 aliphatic heterocycles. The molecule has 0 bridgehead atoms. The quantitative estimate of drug-likeness (QED) is 0.811. The van der Waals surface area contributed by atoms with Gasteiger partial charge in [0.15, 0.2) is 5.82 Å². The summed E-state index contributed by atoms with van der Waals surface area (Å²) in [6.45, 7) is 4.66. The number of halogens is 3. The number of benzene rings is 1. The van der Waals surface area contributed by atoms with Crippen LogP contribution in [0.2, 0.25) is 10.0 Å². The fourth-order valence-electron chi connectivity index (χ4n) is 1.53. The Labute approximate surface area is 132 Å². The van der Waals surface area contributed by atoms with Crippen molar-refractivity contribution in [1.29, 1.82) is 0 Å². The van der Waals surface area contributed by atoms with E-state index < -0.39 is 43.2 Å². The van der Waals surface area contributed by atoms with Crippen LogP contribution in [0.5, 0.6) is 0 Å². The summed E-state index contributed by atoms with van der Waals surface area (Å²) in [5, 5.41) is 8.12. The number of rotatable bonds is 4. The largest absolute Gasteiger partial charge is 0.480 e. The van der Waals surface area contributed by atoms with Crippen LogP contribution in [0.3, 0.4) is 0 Å². The molecule has 0 saturated heterocycles. The van der Waals surface area contributed by atoms with Crippen LogP contribution in [0.25, 0.3) is 0 Å². The minimum atomic E-state index is -4.32. The van der Waals surface area contributed by atoms with Gasteiger partial charge in [-0.05, 0) is 17.5 Å². The van der Waals surface area contributed by atoms with Crippen molar-refractivity contribution in [2.75, 3.05) is 0 Å². The second kappa shape index (κ2) is 6.08. The van der Waals surface area contributed by atoms with Gasteiger partial charge in [0.25, 0.3) is 0 Å². The van der Waals surface area contributed by atoms with Crippen LogP contribution in [-0.4, -0.2) is 25.5 Å². The smallest absolute Gasteiger partial charge is 0.322 e. The maximum atomic E-state index is 13.6. The third-order valence-corrected chi connectivity index (χ3v) is 4.91. The first-order valence-corrected chi connectivity index (χ1v) is 8.00. The van der Waals surface area contributed by atoms with Crippen molar-refractivity contribution in [1.82, 2.24) is 4.72 Å². The van der Waals surface area contributed by atoms with Gasteiger partial charge in [-0.2, -0.15) is 4.72 Å². The van der Waals surface area contributed by atoms with Crippen molar-refractivity contribution >= 4 is 39.2 Å². The molecule has 0 unspecified atom stereocenters. The number of hydrogen-bond acceptors (Lipinski definition) is 3. The summed E-state index contributed by atoms with van der Waals surface area (Å²) in [7, 11) is -4.32. The van der Waals surface area contributed by atoms with Crippen molar-refractivity contribution in [3.8, 4) is 0 Å². The van der Waals surface area contributed by atoms with Gasteiger partial charge < -0.3 is 5.11 Å². The van der Waals surface area contributed by atoms with Crippen LogP contribution in [0.1, 0.15) is 20.8 Å². The number of carboxylic acid groups (broad SMARTS) is 1. The number of nitrogens with one attached hydrogen (secondary N) is 1. The number of hydrogen-bond donors (Lipinski definition) is 2. The average molecular weight is 358 g/mol. The lowest BCUT2D eigenvalue weighted by atomic mass is 9.88. The Balaban J connectivity index is 3.30. The van der Waals surface area contributed by atoms with E-state index in [2.05, 4.69) is 0 Å². The average Bonchev–Trinajstić information content (AvgIpc) is 2.31. The van der Waals surface area contributed by atoms with Gasteiger partial charge in [0.05, 0.1) is 10.0 Å². The van der Waals surface area contributed by atoms with E-state index in [1.807, 2.05) is 4.72 Å². The molecule has 9 heteroatoms. The Kier molecular flexibility index (Phi) is 5.26. The topological polar surface area (TPSA) is 83.5 Å². The lowest BCUT2D eigenvalue weighted by Gasteiger charge is -2.27. The molecule has 0 aliphatic carbocycles. The Morgan fingerprint density at radius 2 is 1.86 bits per heavy atom. The highest BCUT2D eigenvalue weighted by Crippen LogP contribution is 2.30. The highest BCUT2D eigenvalue weighted by molar-refractivity contribution is 7.89. The third-order valence-electron chi connectivity index (χ3n) is 2.68. The molecule has 0 radical (unpaired) electrons. The predicted molar refractivity (Wildman–Crippen MR) is 77.6 cm³/mol. The SMILES string of the molecule is CC(C)(C)[C@@H](NS(=O)(=O)c1ccc(Cl)c(F)c1Cl)C(=O)O. The van der Waals surface area contributed by atoms with Gasteiger partial charge >= 0.3 is 5.97 Å². The van der Waals surface area contributed by atoms with E-state index in [1.165, 1.54) is 0 Å². The van der Waals surface area contributed by atoms with Crippen molar-refractivity contribution < 1.29 is 22.7 Å². The van der Waals surface area contributed by atoms with Crippen LogP contribution < -0.4 is 4.72 Å². The number of sulfonamides is 1. The Hall–Kier alpha value is -0.890. The van der Waals surface area contributed by atoms with Gasteiger partial charge in [-0.25, -0.2) is 12.8 Å². The van der Waals surface area contributed by atoms with Crippen LogP contribution in [0.15, 0.2) is 17.0 Å². The van der Waals surface area contributed by atoms with Gasteiger partial charge in [-0.15, -0.1) is 0 Å². The zero-order valence-electron chi connectivity index (χ0n) is 11.4. The third kappa shape index (κ3) is 4.06. The van der Waals surface area contributed by atoms with Crippen LogP contribution in [0.4, 0.5) is 4.39 Å². The first kappa shape index (κ1) is 18.2. The number of aliphatic carboxylic acids is 1. The van der Waals surface area contributed by atoms with Gasteiger partial charge in [-0.1, -0.05) is 44.0 Å². The number of carbonyl (C=O) groups is 1. The zero-order valence-corrected chi connectivity index (χ0v) is 13.8. The summed E-state index contributed by atoms with van der Waals surface area (Å²) >= 11 is 11.1. The highest BCUT2D eigenvalue weighted by Gasteiger charge is 2.36. The molecule has 0 heterocycles. The molecule has 0 aliphatic rings. The van der Waals surface area contributed by atoms with Crippen LogP contribution >= 0.6 is 23.2 Å². The summed E-state index contributed by atoms with van der Waals surface area (Å²) < 4.78 is 40.0. The van der Waals surface area contributed by atoms with E-state index in [1.54, 1.807) is 20.8 Å². The van der Waals surface area contributed by atoms with Crippen molar-refractivity contribution in [2.24, 2.45) is 5.41 Å². The fraction of sp³-hybridized carbons (Fsp3) is 0.417. The summed E-state index contributed by atoms with van der Waals surface area (Å²) in [5.74, 6) is -2.43. The molecular formula is C12H14Cl2FNO4S. The first-order chi connectivity index (χ1) is 9.38. The maximum absolute atomic E-state index is 13.6.